The van der Waals surface area contributed by atoms with Gasteiger partial charge in [0.15, 0.2) is 0 Å². The molecule has 4 rings (SSSR count). The summed E-state index contributed by atoms with van der Waals surface area (Å²) in [5.41, 5.74) is 1.91. The number of tetrazole rings is 1. The third-order valence-corrected chi connectivity index (χ3v) is 6.80. The molecule has 1 aromatic heterocycles. The minimum Gasteiger partial charge on any atom is -0.322 e. The lowest BCUT2D eigenvalue weighted by Gasteiger charge is -2.11. The van der Waals surface area contributed by atoms with E-state index in [0.717, 1.165) is 6.07 Å². The van der Waals surface area contributed by atoms with E-state index in [1.807, 2.05) is 6.26 Å². The molecule has 0 atom stereocenters. The summed E-state index contributed by atoms with van der Waals surface area (Å²) in [6, 6.07) is 16.6. The molecule has 0 aliphatic heterocycles. The van der Waals surface area contributed by atoms with Crippen molar-refractivity contribution < 1.29 is 17.6 Å². The number of amides is 1. The van der Waals surface area contributed by atoms with Gasteiger partial charge < -0.3 is 5.32 Å². The van der Waals surface area contributed by atoms with Crippen LogP contribution in [0.3, 0.4) is 0 Å². The number of hydrogen-bond donors (Lipinski definition) is 2. The van der Waals surface area contributed by atoms with Crippen LogP contribution in [0.5, 0.6) is 0 Å². The molecule has 1 amide bonds. The van der Waals surface area contributed by atoms with Crippen LogP contribution in [0.4, 0.5) is 15.8 Å². The van der Waals surface area contributed by atoms with Gasteiger partial charge in [0.1, 0.15) is 5.82 Å². The zero-order valence-corrected chi connectivity index (χ0v) is 19.7. The number of carbonyl (C=O) groups is 1. The van der Waals surface area contributed by atoms with Gasteiger partial charge in [-0.2, -0.15) is 4.68 Å². The number of rotatable bonds is 7. The minimum atomic E-state index is -4.04. The molecule has 1 heterocycles. The molecule has 0 saturated carbocycles. The van der Waals surface area contributed by atoms with Gasteiger partial charge in [-0.1, -0.05) is 30.0 Å². The van der Waals surface area contributed by atoms with Crippen LogP contribution < -0.4 is 10.0 Å². The number of benzene rings is 3. The zero-order chi connectivity index (χ0) is 24.3. The first kappa shape index (κ1) is 23.4. The molecule has 0 bridgehead atoms. The number of thioether (sulfide) groups is 1. The number of anilines is 2. The zero-order valence-electron chi connectivity index (χ0n) is 18.1. The summed E-state index contributed by atoms with van der Waals surface area (Å²) in [6.45, 7) is 1.54. The van der Waals surface area contributed by atoms with Crippen LogP contribution in [0.1, 0.15) is 15.9 Å². The van der Waals surface area contributed by atoms with E-state index in [1.165, 1.54) is 36.0 Å². The first-order chi connectivity index (χ1) is 16.3. The molecule has 4 aromatic rings. The molecule has 12 heteroatoms. The molecule has 9 nitrogen and oxygen atoms in total. The van der Waals surface area contributed by atoms with Crippen LogP contribution in [-0.2, 0) is 10.0 Å². The summed E-state index contributed by atoms with van der Waals surface area (Å²) >= 11 is 1.38. The second kappa shape index (κ2) is 9.61. The number of halogens is 1. The molecule has 0 fully saturated rings. The Morgan fingerprint density at radius 2 is 1.79 bits per heavy atom. The van der Waals surface area contributed by atoms with Gasteiger partial charge in [0.2, 0.25) is 5.16 Å². The van der Waals surface area contributed by atoms with Gasteiger partial charge in [0, 0.05) is 16.9 Å². The van der Waals surface area contributed by atoms with Crippen molar-refractivity contribution in [2.24, 2.45) is 0 Å². The van der Waals surface area contributed by atoms with Gasteiger partial charge in [-0.3, -0.25) is 9.52 Å². The summed E-state index contributed by atoms with van der Waals surface area (Å²) in [5, 5.41) is 14.9. The average molecular weight is 499 g/mol. The van der Waals surface area contributed by atoms with Gasteiger partial charge in [0.05, 0.1) is 10.6 Å². The normalized spacial score (nSPS) is 11.3. The van der Waals surface area contributed by atoms with Crippen LogP contribution >= 0.6 is 11.8 Å². The summed E-state index contributed by atoms with van der Waals surface area (Å²) in [4.78, 5) is 12.6. The third kappa shape index (κ3) is 5.07. The van der Waals surface area contributed by atoms with E-state index < -0.39 is 21.7 Å². The number of aryl methyl sites for hydroxylation is 1. The van der Waals surface area contributed by atoms with Gasteiger partial charge in [0.25, 0.3) is 15.9 Å². The van der Waals surface area contributed by atoms with E-state index in [2.05, 4.69) is 25.6 Å². The van der Waals surface area contributed by atoms with Crippen molar-refractivity contribution in [1.29, 1.82) is 0 Å². The Balaban J connectivity index is 1.52. The van der Waals surface area contributed by atoms with Crippen molar-refractivity contribution in [2.45, 2.75) is 17.0 Å². The van der Waals surface area contributed by atoms with Crippen molar-refractivity contribution in [1.82, 2.24) is 20.2 Å². The summed E-state index contributed by atoms with van der Waals surface area (Å²) < 4.78 is 43.0. The predicted octanol–water partition coefficient (Wildman–Crippen LogP) is 3.88. The maximum atomic E-state index is 13.8. The topological polar surface area (TPSA) is 119 Å². The second-order valence-corrected chi connectivity index (χ2v) is 9.63. The van der Waals surface area contributed by atoms with E-state index in [0.29, 0.717) is 22.1 Å². The molecule has 0 saturated heterocycles. The first-order valence-corrected chi connectivity index (χ1v) is 12.6. The summed E-state index contributed by atoms with van der Waals surface area (Å²) in [6.07, 6.45) is 1.85. The highest BCUT2D eigenvalue weighted by Gasteiger charge is 2.17. The van der Waals surface area contributed by atoms with E-state index in [-0.39, 0.29) is 16.1 Å². The highest BCUT2D eigenvalue weighted by Crippen LogP contribution is 2.22. The Morgan fingerprint density at radius 1 is 1.03 bits per heavy atom. The molecule has 34 heavy (non-hydrogen) atoms. The molecule has 0 aliphatic carbocycles. The Morgan fingerprint density at radius 3 is 2.56 bits per heavy atom. The quantitative estimate of drug-likeness (QED) is 0.371. The molecule has 0 spiro atoms. The number of hydrogen-bond acceptors (Lipinski definition) is 7. The van der Waals surface area contributed by atoms with Crippen LogP contribution in [-0.4, -0.2) is 40.8 Å². The minimum absolute atomic E-state index is 0.167. The molecule has 3 aromatic carbocycles. The molecular weight excluding hydrogens is 479 g/mol. The van der Waals surface area contributed by atoms with Crippen molar-refractivity contribution in [3.8, 4) is 5.69 Å². The molecule has 0 aliphatic rings. The van der Waals surface area contributed by atoms with E-state index >= 15 is 0 Å². The smallest absolute Gasteiger partial charge is 0.261 e. The first-order valence-electron chi connectivity index (χ1n) is 9.90. The van der Waals surface area contributed by atoms with Crippen molar-refractivity contribution >= 4 is 39.1 Å². The van der Waals surface area contributed by atoms with Crippen LogP contribution in [0.15, 0.2) is 76.8 Å². The fraction of sp³-hybridized carbons (Fsp3) is 0.0909. The van der Waals surface area contributed by atoms with Gasteiger partial charge in [-0.05, 0) is 77.7 Å². The third-order valence-electron chi connectivity index (χ3n) is 4.80. The number of aromatic nitrogens is 4. The second-order valence-electron chi connectivity index (χ2n) is 7.18. The Bertz CT molecular complexity index is 1470. The number of carbonyl (C=O) groups excluding carboxylic acids is 1. The highest BCUT2D eigenvalue weighted by atomic mass is 32.2. The summed E-state index contributed by atoms with van der Waals surface area (Å²) in [5.74, 6) is -1.06. The van der Waals surface area contributed by atoms with Crippen molar-refractivity contribution in [3.05, 3.63) is 83.7 Å². The maximum Gasteiger partial charge on any atom is 0.261 e. The molecule has 174 valence electrons. The molecule has 0 radical (unpaired) electrons. The van der Waals surface area contributed by atoms with Gasteiger partial charge >= 0.3 is 0 Å². The van der Waals surface area contributed by atoms with Crippen LogP contribution in [0.2, 0.25) is 0 Å². The monoisotopic (exact) mass is 498 g/mol. The van der Waals surface area contributed by atoms with E-state index in [1.54, 1.807) is 48.0 Å². The number of nitrogens with zero attached hydrogens (tertiary/aromatic N) is 4. The van der Waals surface area contributed by atoms with Gasteiger partial charge in [-0.25, -0.2) is 12.8 Å². The molecule has 2 N–H and O–H groups in total. The fourth-order valence-corrected chi connectivity index (χ4v) is 4.56. The molecular formula is C22H19FN6O3S2. The number of nitrogens with one attached hydrogen (secondary N) is 2. The fourth-order valence-electron chi connectivity index (χ4n) is 3.07. The van der Waals surface area contributed by atoms with E-state index in [9.17, 15) is 17.6 Å². The average Bonchev–Trinajstić information content (AvgIpc) is 3.30. The Hall–Kier alpha value is -3.77. The highest BCUT2D eigenvalue weighted by molar-refractivity contribution is 7.98. The molecule has 0 unspecified atom stereocenters. The Kier molecular flexibility index (Phi) is 6.61. The maximum absolute atomic E-state index is 13.8. The van der Waals surface area contributed by atoms with Crippen molar-refractivity contribution in [3.63, 3.8) is 0 Å². The van der Waals surface area contributed by atoms with Gasteiger partial charge in [-0.15, -0.1) is 5.10 Å². The Labute approximate surface area is 199 Å². The van der Waals surface area contributed by atoms with Crippen LogP contribution in [0.25, 0.3) is 5.69 Å². The predicted molar refractivity (Wildman–Crippen MR) is 127 cm³/mol. The largest absolute Gasteiger partial charge is 0.322 e. The van der Waals surface area contributed by atoms with Crippen molar-refractivity contribution in [2.75, 3.05) is 16.3 Å². The van der Waals surface area contributed by atoms with E-state index in [4.69, 9.17) is 0 Å². The number of sulfonamides is 1. The SMILES string of the molecule is CSc1nnnn1-c1cccc(NC(=O)c2cccc(NS(=O)(=O)c3ccc(C)c(F)c3)c2)c1. The summed E-state index contributed by atoms with van der Waals surface area (Å²) in [7, 11) is -4.04. The lowest BCUT2D eigenvalue weighted by atomic mass is 10.2. The standard InChI is InChI=1S/C22H19FN6O3S2/c1-14-9-10-19(13-20(14)23)34(31,32)26-17-7-3-5-15(11-17)21(30)24-16-6-4-8-18(12-16)29-22(33-2)25-27-28-29/h3-13,26H,1-2H3,(H,24,30). The lowest BCUT2D eigenvalue weighted by molar-refractivity contribution is 0.102. The lowest BCUT2D eigenvalue weighted by Crippen LogP contribution is -2.15. The van der Waals surface area contributed by atoms with Crippen LogP contribution in [0, 0.1) is 12.7 Å².